The van der Waals surface area contributed by atoms with Gasteiger partial charge >= 0.3 is 0 Å². The molecule has 1 rings (SSSR count). The van der Waals surface area contributed by atoms with Crippen LogP contribution in [0.5, 0.6) is 0 Å². The lowest BCUT2D eigenvalue weighted by molar-refractivity contribution is 0.213. The van der Waals surface area contributed by atoms with Crippen molar-refractivity contribution in [2.75, 3.05) is 26.7 Å². The Labute approximate surface area is 115 Å². The van der Waals surface area contributed by atoms with Gasteiger partial charge in [0.25, 0.3) is 0 Å². The molecule has 1 aliphatic carbocycles. The van der Waals surface area contributed by atoms with Crippen LogP contribution in [-0.4, -0.2) is 37.6 Å². The smallest absolute Gasteiger partial charge is 0.0104 e. The van der Waals surface area contributed by atoms with Crippen molar-refractivity contribution in [1.29, 1.82) is 0 Å². The van der Waals surface area contributed by atoms with E-state index in [0.717, 1.165) is 25.0 Å². The molecule has 2 atom stereocenters. The number of hydrogen-bond donors (Lipinski definition) is 1. The Morgan fingerprint density at radius 3 is 2.44 bits per heavy atom. The maximum atomic E-state index is 3.76. The van der Waals surface area contributed by atoms with Crippen LogP contribution in [0.2, 0.25) is 0 Å². The van der Waals surface area contributed by atoms with Crippen molar-refractivity contribution in [2.45, 2.75) is 65.8 Å². The fourth-order valence-electron chi connectivity index (χ4n) is 2.99. The van der Waals surface area contributed by atoms with E-state index in [-0.39, 0.29) is 0 Å². The van der Waals surface area contributed by atoms with Crippen molar-refractivity contribution in [3.63, 3.8) is 0 Å². The zero-order valence-corrected chi connectivity index (χ0v) is 13.3. The van der Waals surface area contributed by atoms with Crippen LogP contribution in [0.25, 0.3) is 0 Å². The summed E-state index contributed by atoms with van der Waals surface area (Å²) in [6, 6.07) is 0.766. The van der Waals surface area contributed by atoms with Crippen LogP contribution < -0.4 is 5.32 Å². The molecule has 0 amide bonds. The van der Waals surface area contributed by atoms with Gasteiger partial charge in [0.15, 0.2) is 0 Å². The van der Waals surface area contributed by atoms with E-state index in [2.05, 4.69) is 45.0 Å². The van der Waals surface area contributed by atoms with Gasteiger partial charge in [-0.2, -0.15) is 0 Å². The number of likely N-dealkylation sites (N-methyl/N-ethyl adjacent to an activating group) is 1. The maximum absolute atomic E-state index is 3.76. The molecule has 0 spiro atoms. The average molecular weight is 254 g/mol. The molecule has 1 aliphatic rings. The van der Waals surface area contributed by atoms with E-state index < -0.39 is 0 Å². The monoisotopic (exact) mass is 254 g/mol. The quantitative estimate of drug-likeness (QED) is 0.755. The molecule has 0 aromatic rings. The number of nitrogens with one attached hydrogen (secondary N) is 1. The van der Waals surface area contributed by atoms with Gasteiger partial charge in [-0.3, -0.25) is 0 Å². The van der Waals surface area contributed by atoms with Crippen LogP contribution in [0.3, 0.4) is 0 Å². The minimum atomic E-state index is 0.497. The maximum Gasteiger partial charge on any atom is 0.0104 e. The molecule has 1 saturated carbocycles. The summed E-state index contributed by atoms with van der Waals surface area (Å²) in [7, 11) is 2.20. The summed E-state index contributed by atoms with van der Waals surface area (Å²) in [5.41, 5.74) is 0.497. The second-order valence-corrected chi connectivity index (χ2v) is 7.12. The van der Waals surface area contributed by atoms with Gasteiger partial charge in [-0.25, -0.2) is 0 Å². The predicted molar refractivity (Wildman–Crippen MR) is 81.0 cm³/mol. The van der Waals surface area contributed by atoms with Crippen molar-refractivity contribution < 1.29 is 0 Å². The van der Waals surface area contributed by atoms with Crippen molar-refractivity contribution in [3.05, 3.63) is 0 Å². The van der Waals surface area contributed by atoms with E-state index >= 15 is 0 Å². The second kappa shape index (κ2) is 7.49. The van der Waals surface area contributed by atoms with Gasteiger partial charge in [0.2, 0.25) is 0 Å². The Balaban J connectivity index is 2.25. The van der Waals surface area contributed by atoms with E-state index in [9.17, 15) is 0 Å². The largest absolute Gasteiger partial charge is 0.313 e. The zero-order chi connectivity index (χ0) is 13.6. The summed E-state index contributed by atoms with van der Waals surface area (Å²) < 4.78 is 0. The second-order valence-electron chi connectivity index (χ2n) is 7.12. The molecule has 18 heavy (non-hydrogen) atoms. The molecule has 1 fully saturated rings. The Morgan fingerprint density at radius 1 is 1.11 bits per heavy atom. The molecule has 2 heteroatoms. The molecule has 0 saturated heterocycles. The topological polar surface area (TPSA) is 15.3 Å². The summed E-state index contributed by atoms with van der Waals surface area (Å²) in [6.45, 7) is 12.9. The highest BCUT2D eigenvalue weighted by Crippen LogP contribution is 2.36. The highest BCUT2D eigenvalue weighted by atomic mass is 15.1. The Kier molecular flexibility index (Phi) is 6.65. The SMILES string of the molecule is CCN(C)CCNC1CCCC(C(C)(C)C)CC1. The van der Waals surface area contributed by atoms with Crippen LogP contribution in [0.4, 0.5) is 0 Å². The Bertz CT molecular complexity index is 220. The van der Waals surface area contributed by atoms with Crippen LogP contribution >= 0.6 is 0 Å². The highest BCUT2D eigenvalue weighted by Gasteiger charge is 2.27. The molecule has 2 unspecified atom stereocenters. The standard InChI is InChI=1S/C16H34N2/c1-6-18(5)13-12-17-15-9-7-8-14(10-11-15)16(2,3)4/h14-15,17H,6-13H2,1-5H3. The first-order chi connectivity index (χ1) is 8.43. The summed E-state index contributed by atoms with van der Waals surface area (Å²) in [4.78, 5) is 2.38. The average Bonchev–Trinajstić information content (AvgIpc) is 2.53. The fourth-order valence-corrected chi connectivity index (χ4v) is 2.99. The van der Waals surface area contributed by atoms with E-state index in [4.69, 9.17) is 0 Å². The molecule has 0 aliphatic heterocycles. The first kappa shape index (κ1) is 16.0. The lowest BCUT2D eigenvalue weighted by atomic mass is 9.76. The molecular formula is C16H34N2. The van der Waals surface area contributed by atoms with E-state index in [1.807, 2.05) is 0 Å². The van der Waals surface area contributed by atoms with Crippen molar-refractivity contribution in [2.24, 2.45) is 11.3 Å². The Hall–Kier alpha value is -0.0800. The highest BCUT2D eigenvalue weighted by molar-refractivity contribution is 4.81. The molecular weight excluding hydrogens is 220 g/mol. The minimum absolute atomic E-state index is 0.497. The van der Waals surface area contributed by atoms with Crippen LogP contribution in [-0.2, 0) is 0 Å². The zero-order valence-electron chi connectivity index (χ0n) is 13.3. The predicted octanol–water partition coefficient (Wildman–Crippen LogP) is 3.52. The molecule has 0 radical (unpaired) electrons. The van der Waals surface area contributed by atoms with E-state index in [1.165, 1.54) is 38.6 Å². The number of nitrogens with zero attached hydrogens (tertiary/aromatic N) is 1. The molecule has 108 valence electrons. The van der Waals surface area contributed by atoms with Gasteiger partial charge in [0, 0.05) is 19.1 Å². The van der Waals surface area contributed by atoms with Gasteiger partial charge in [-0.15, -0.1) is 0 Å². The normalized spacial score (nSPS) is 26.3. The first-order valence-corrected chi connectivity index (χ1v) is 7.85. The third-order valence-corrected chi connectivity index (χ3v) is 4.66. The third kappa shape index (κ3) is 5.71. The summed E-state index contributed by atoms with van der Waals surface area (Å²) in [5.74, 6) is 0.919. The Morgan fingerprint density at radius 2 is 1.83 bits per heavy atom. The van der Waals surface area contributed by atoms with Crippen LogP contribution in [0.15, 0.2) is 0 Å². The van der Waals surface area contributed by atoms with E-state index in [0.29, 0.717) is 5.41 Å². The van der Waals surface area contributed by atoms with Gasteiger partial charge < -0.3 is 10.2 Å². The first-order valence-electron chi connectivity index (χ1n) is 7.85. The van der Waals surface area contributed by atoms with Crippen molar-refractivity contribution >= 4 is 0 Å². The van der Waals surface area contributed by atoms with Crippen molar-refractivity contribution in [3.8, 4) is 0 Å². The molecule has 0 heterocycles. The molecule has 2 nitrogen and oxygen atoms in total. The molecule has 0 bridgehead atoms. The van der Waals surface area contributed by atoms with Gasteiger partial charge in [0.1, 0.15) is 0 Å². The van der Waals surface area contributed by atoms with E-state index in [1.54, 1.807) is 0 Å². The van der Waals surface area contributed by atoms with Gasteiger partial charge in [0.05, 0.1) is 0 Å². The van der Waals surface area contributed by atoms with Crippen molar-refractivity contribution in [1.82, 2.24) is 10.2 Å². The number of rotatable bonds is 5. The number of hydrogen-bond acceptors (Lipinski definition) is 2. The summed E-state index contributed by atoms with van der Waals surface area (Å²) >= 11 is 0. The molecule has 0 aromatic carbocycles. The molecule has 1 N–H and O–H groups in total. The minimum Gasteiger partial charge on any atom is -0.313 e. The fraction of sp³-hybridized carbons (Fsp3) is 1.00. The van der Waals surface area contributed by atoms with Gasteiger partial charge in [-0.1, -0.05) is 34.1 Å². The lowest BCUT2D eigenvalue weighted by Crippen LogP contribution is -2.35. The lowest BCUT2D eigenvalue weighted by Gasteiger charge is -2.29. The molecule has 0 aromatic heterocycles. The third-order valence-electron chi connectivity index (χ3n) is 4.66. The van der Waals surface area contributed by atoms with Gasteiger partial charge in [-0.05, 0) is 50.6 Å². The van der Waals surface area contributed by atoms with Crippen LogP contribution in [0, 0.1) is 11.3 Å². The summed E-state index contributed by atoms with van der Waals surface area (Å²) in [6.07, 6.45) is 6.99. The summed E-state index contributed by atoms with van der Waals surface area (Å²) in [5, 5.41) is 3.76. The van der Waals surface area contributed by atoms with Crippen LogP contribution in [0.1, 0.15) is 59.8 Å².